The summed E-state index contributed by atoms with van der Waals surface area (Å²) in [5, 5.41) is 10.7. The number of aromatic nitrogens is 2. The Kier molecular flexibility index (Phi) is 5.27. The van der Waals surface area contributed by atoms with Crippen LogP contribution in [0.15, 0.2) is 59.7 Å². The van der Waals surface area contributed by atoms with Crippen molar-refractivity contribution < 1.29 is 18.0 Å². The van der Waals surface area contributed by atoms with Gasteiger partial charge < -0.3 is 0 Å². The van der Waals surface area contributed by atoms with Gasteiger partial charge in [-0.2, -0.15) is 23.4 Å². The second-order valence-electron chi connectivity index (χ2n) is 5.46. The first-order chi connectivity index (χ1) is 12.8. The van der Waals surface area contributed by atoms with Crippen molar-refractivity contribution in [2.75, 3.05) is 0 Å². The van der Waals surface area contributed by atoms with Gasteiger partial charge in [-0.1, -0.05) is 41.9 Å². The number of H-pyrrole nitrogens is 1. The van der Waals surface area contributed by atoms with Gasteiger partial charge in [-0.25, -0.2) is 5.43 Å². The molecule has 0 aliphatic carbocycles. The number of alkyl halides is 3. The van der Waals surface area contributed by atoms with E-state index >= 15 is 0 Å². The van der Waals surface area contributed by atoms with Crippen molar-refractivity contribution >= 4 is 23.7 Å². The van der Waals surface area contributed by atoms with Crippen molar-refractivity contribution in [3.8, 4) is 11.3 Å². The molecule has 3 rings (SSSR count). The molecule has 9 heteroatoms. The zero-order valence-corrected chi connectivity index (χ0v) is 14.3. The summed E-state index contributed by atoms with van der Waals surface area (Å²) in [4.78, 5) is 12.1. The lowest BCUT2D eigenvalue weighted by molar-refractivity contribution is -0.137. The normalized spacial score (nSPS) is 11.7. The number of hydrogen-bond donors (Lipinski definition) is 2. The molecule has 138 valence electrons. The number of carbonyl (C=O) groups is 1. The molecular formula is C18H12ClF3N4O. The maximum atomic E-state index is 12.9. The van der Waals surface area contributed by atoms with Gasteiger partial charge >= 0.3 is 6.18 Å². The van der Waals surface area contributed by atoms with E-state index in [4.69, 9.17) is 11.6 Å². The van der Waals surface area contributed by atoms with Gasteiger partial charge in [0.15, 0.2) is 0 Å². The van der Waals surface area contributed by atoms with E-state index in [0.29, 0.717) is 10.7 Å². The standard InChI is InChI=1S/C18H12ClF3N4O/c19-13-7-5-11(6-8-13)15-9-16(25-24-15)17(27)26-23-10-12-3-1-2-4-14(12)18(20,21)22/h1-10H,(H,24,25)(H,26,27)/b23-10+. The molecule has 0 aliphatic rings. The van der Waals surface area contributed by atoms with Crippen LogP contribution in [-0.2, 0) is 6.18 Å². The number of amides is 1. The van der Waals surface area contributed by atoms with Crippen LogP contribution in [0.4, 0.5) is 13.2 Å². The van der Waals surface area contributed by atoms with Crippen molar-refractivity contribution in [3.63, 3.8) is 0 Å². The average molecular weight is 393 g/mol. The fourth-order valence-electron chi connectivity index (χ4n) is 2.29. The summed E-state index contributed by atoms with van der Waals surface area (Å²) in [7, 11) is 0. The van der Waals surface area contributed by atoms with Crippen LogP contribution in [0.3, 0.4) is 0 Å². The third-order valence-corrected chi connectivity index (χ3v) is 3.85. The van der Waals surface area contributed by atoms with Crippen molar-refractivity contribution in [1.29, 1.82) is 0 Å². The van der Waals surface area contributed by atoms with Crippen LogP contribution in [-0.4, -0.2) is 22.3 Å². The van der Waals surface area contributed by atoms with Crippen LogP contribution in [0, 0.1) is 0 Å². The second kappa shape index (κ2) is 7.63. The smallest absolute Gasteiger partial charge is 0.272 e. The van der Waals surface area contributed by atoms with Gasteiger partial charge in [0.05, 0.1) is 17.5 Å². The monoisotopic (exact) mass is 392 g/mol. The van der Waals surface area contributed by atoms with Crippen LogP contribution in [0.1, 0.15) is 21.6 Å². The Hall–Kier alpha value is -3.13. The minimum absolute atomic E-state index is 0.112. The summed E-state index contributed by atoms with van der Waals surface area (Å²) in [5.41, 5.74) is 2.55. The summed E-state index contributed by atoms with van der Waals surface area (Å²) in [6.07, 6.45) is -3.57. The highest BCUT2D eigenvalue weighted by atomic mass is 35.5. The van der Waals surface area contributed by atoms with Crippen LogP contribution in [0.5, 0.6) is 0 Å². The highest BCUT2D eigenvalue weighted by molar-refractivity contribution is 6.30. The molecule has 0 radical (unpaired) electrons. The quantitative estimate of drug-likeness (QED) is 0.506. The van der Waals surface area contributed by atoms with Gasteiger partial charge in [0.1, 0.15) is 5.69 Å². The number of rotatable bonds is 4. The van der Waals surface area contributed by atoms with Gasteiger partial charge in [0, 0.05) is 16.1 Å². The molecule has 0 aliphatic heterocycles. The molecular weight excluding hydrogens is 381 g/mol. The van der Waals surface area contributed by atoms with E-state index in [1.807, 2.05) is 0 Å². The molecule has 27 heavy (non-hydrogen) atoms. The summed E-state index contributed by atoms with van der Waals surface area (Å²) in [5.74, 6) is -0.636. The maximum Gasteiger partial charge on any atom is 0.417 e. The van der Waals surface area contributed by atoms with Gasteiger partial charge in [0.25, 0.3) is 5.91 Å². The molecule has 1 heterocycles. The van der Waals surface area contributed by atoms with Crippen molar-refractivity contribution in [2.45, 2.75) is 6.18 Å². The Morgan fingerprint density at radius 2 is 1.85 bits per heavy atom. The lowest BCUT2D eigenvalue weighted by Crippen LogP contribution is -2.18. The average Bonchev–Trinajstić information content (AvgIpc) is 3.12. The van der Waals surface area contributed by atoms with E-state index < -0.39 is 17.6 Å². The fourth-order valence-corrected chi connectivity index (χ4v) is 2.42. The molecule has 0 atom stereocenters. The summed E-state index contributed by atoms with van der Waals surface area (Å²) in [6, 6.07) is 13.3. The number of nitrogens with one attached hydrogen (secondary N) is 2. The Morgan fingerprint density at radius 3 is 2.56 bits per heavy atom. The summed E-state index contributed by atoms with van der Waals surface area (Å²) in [6.45, 7) is 0. The van der Waals surface area contributed by atoms with E-state index in [9.17, 15) is 18.0 Å². The van der Waals surface area contributed by atoms with Crippen LogP contribution < -0.4 is 5.43 Å². The molecule has 0 saturated carbocycles. The largest absolute Gasteiger partial charge is 0.417 e. The van der Waals surface area contributed by atoms with E-state index in [2.05, 4.69) is 20.7 Å². The summed E-state index contributed by atoms with van der Waals surface area (Å²) < 4.78 is 38.8. The second-order valence-corrected chi connectivity index (χ2v) is 5.89. The van der Waals surface area contributed by atoms with E-state index in [0.717, 1.165) is 17.8 Å². The first-order valence-electron chi connectivity index (χ1n) is 7.65. The maximum absolute atomic E-state index is 12.9. The van der Waals surface area contributed by atoms with Gasteiger partial charge in [-0.05, 0) is 24.3 Å². The lowest BCUT2D eigenvalue weighted by atomic mass is 10.1. The molecule has 0 saturated heterocycles. The molecule has 5 nitrogen and oxygen atoms in total. The lowest BCUT2D eigenvalue weighted by Gasteiger charge is -2.09. The molecule has 0 spiro atoms. The summed E-state index contributed by atoms with van der Waals surface area (Å²) >= 11 is 5.82. The van der Waals surface area contributed by atoms with E-state index in [1.165, 1.54) is 24.3 Å². The van der Waals surface area contributed by atoms with Crippen LogP contribution in [0.25, 0.3) is 11.3 Å². The Morgan fingerprint density at radius 1 is 1.15 bits per heavy atom. The number of halogens is 4. The Balaban J connectivity index is 1.70. The minimum atomic E-state index is -4.51. The van der Waals surface area contributed by atoms with Gasteiger partial charge in [-0.15, -0.1) is 0 Å². The SMILES string of the molecule is O=C(N/N=C/c1ccccc1C(F)(F)F)c1cc(-c2ccc(Cl)cc2)n[nH]1. The van der Waals surface area contributed by atoms with Gasteiger partial charge in [0.2, 0.25) is 0 Å². The third-order valence-electron chi connectivity index (χ3n) is 3.60. The molecule has 0 bridgehead atoms. The Bertz CT molecular complexity index is 981. The fraction of sp³-hybridized carbons (Fsp3) is 0.0556. The number of aromatic amines is 1. The number of hydrazone groups is 1. The van der Waals surface area contributed by atoms with Crippen LogP contribution >= 0.6 is 11.6 Å². The number of carbonyl (C=O) groups excluding carboxylic acids is 1. The number of nitrogens with zero attached hydrogens (tertiary/aromatic N) is 2. The zero-order chi connectivity index (χ0) is 19.4. The highest BCUT2D eigenvalue weighted by Crippen LogP contribution is 2.31. The molecule has 1 aromatic heterocycles. The van der Waals surface area contributed by atoms with Crippen molar-refractivity contribution in [2.24, 2.45) is 5.10 Å². The molecule has 2 N–H and O–H groups in total. The number of benzene rings is 2. The molecule has 0 unspecified atom stereocenters. The molecule has 0 fully saturated rings. The van der Waals surface area contributed by atoms with Crippen LogP contribution in [0.2, 0.25) is 5.02 Å². The van der Waals surface area contributed by atoms with E-state index in [1.54, 1.807) is 24.3 Å². The van der Waals surface area contributed by atoms with Crippen molar-refractivity contribution in [1.82, 2.24) is 15.6 Å². The van der Waals surface area contributed by atoms with E-state index in [-0.39, 0.29) is 11.3 Å². The highest BCUT2D eigenvalue weighted by Gasteiger charge is 2.32. The first kappa shape index (κ1) is 18.7. The molecule has 2 aromatic carbocycles. The number of hydrogen-bond acceptors (Lipinski definition) is 3. The molecule has 1 amide bonds. The Labute approximate surface area is 156 Å². The molecule has 3 aromatic rings. The van der Waals surface area contributed by atoms with Gasteiger partial charge in [-0.3, -0.25) is 9.89 Å². The minimum Gasteiger partial charge on any atom is -0.272 e. The third kappa shape index (κ3) is 4.53. The van der Waals surface area contributed by atoms with Crippen molar-refractivity contribution in [3.05, 3.63) is 76.4 Å². The topological polar surface area (TPSA) is 70.1 Å². The zero-order valence-electron chi connectivity index (χ0n) is 13.6. The predicted octanol–water partition coefficient (Wildman–Crippen LogP) is 4.51. The first-order valence-corrected chi connectivity index (χ1v) is 8.03. The predicted molar refractivity (Wildman–Crippen MR) is 95.5 cm³/mol.